The van der Waals surface area contributed by atoms with Crippen molar-refractivity contribution in [1.82, 2.24) is 9.80 Å². The van der Waals surface area contributed by atoms with Crippen LogP contribution < -0.4 is 10.6 Å². The van der Waals surface area contributed by atoms with Crippen LogP contribution in [0.4, 0.5) is 25.0 Å². The molecule has 8 nitrogen and oxygen atoms in total. The van der Waals surface area contributed by atoms with Crippen molar-refractivity contribution in [3.8, 4) is 0 Å². The number of likely N-dealkylation sites (tertiary alicyclic amines) is 2. The molecule has 0 bridgehead atoms. The van der Waals surface area contributed by atoms with Crippen LogP contribution in [0, 0.1) is 23.5 Å². The van der Waals surface area contributed by atoms with E-state index in [9.17, 15) is 26.8 Å². The molecule has 0 aliphatic carbocycles. The van der Waals surface area contributed by atoms with Crippen molar-refractivity contribution in [1.29, 1.82) is 0 Å². The third-order valence-corrected chi connectivity index (χ3v) is 10.4. The smallest absolute Gasteiger partial charge is 0.321 e. The topological polar surface area (TPSA) is 98.8 Å². The number of amides is 3. The molecule has 5 rings (SSSR count). The maximum atomic E-state index is 13.6. The highest BCUT2D eigenvalue weighted by Gasteiger charge is 2.30. The standard InChI is InChI=1S/C35H42F2N4O4S/c1-46(44,45)32-9-7-30(8-10-32)38-34(42)21-25-11-16-40(17-12-25)18-15-33(26-5-3-2-4-6-26)27-13-19-41(20-14-27)35(43)39-31-23-28(36)22-29(37)24-31/h2-10,22-25,27,33H,11-21H2,1H3,(H,38,42)(H,39,43). The number of rotatable bonds is 10. The number of nitrogens with one attached hydrogen (secondary N) is 2. The zero-order chi connectivity index (χ0) is 32.7. The van der Waals surface area contributed by atoms with Gasteiger partial charge in [0.1, 0.15) is 11.6 Å². The molecule has 2 N–H and O–H groups in total. The lowest BCUT2D eigenvalue weighted by Gasteiger charge is -2.38. The Morgan fingerprint density at radius 1 is 0.826 bits per heavy atom. The van der Waals surface area contributed by atoms with Crippen molar-refractivity contribution >= 4 is 33.2 Å². The molecule has 246 valence electrons. The zero-order valence-electron chi connectivity index (χ0n) is 26.1. The van der Waals surface area contributed by atoms with Gasteiger partial charge in [0.15, 0.2) is 9.84 Å². The van der Waals surface area contributed by atoms with Crippen molar-refractivity contribution < 1.29 is 26.8 Å². The zero-order valence-corrected chi connectivity index (χ0v) is 26.9. The summed E-state index contributed by atoms with van der Waals surface area (Å²) in [7, 11) is -3.28. The summed E-state index contributed by atoms with van der Waals surface area (Å²) in [6.45, 7) is 3.97. The van der Waals surface area contributed by atoms with Crippen LogP contribution in [0.5, 0.6) is 0 Å². The Hall–Kier alpha value is -3.83. The van der Waals surface area contributed by atoms with Gasteiger partial charge in [0.05, 0.1) is 4.90 Å². The minimum Gasteiger partial charge on any atom is -0.326 e. The van der Waals surface area contributed by atoms with Gasteiger partial charge in [-0.1, -0.05) is 30.3 Å². The first-order chi connectivity index (χ1) is 22.0. The van der Waals surface area contributed by atoms with Gasteiger partial charge in [0.25, 0.3) is 0 Å². The average Bonchev–Trinajstić information content (AvgIpc) is 3.02. The monoisotopic (exact) mass is 652 g/mol. The molecule has 0 saturated carbocycles. The fourth-order valence-electron chi connectivity index (χ4n) is 6.70. The fourth-order valence-corrected chi connectivity index (χ4v) is 7.33. The highest BCUT2D eigenvalue weighted by atomic mass is 32.2. The van der Waals surface area contributed by atoms with Crippen molar-refractivity contribution in [2.45, 2.75) is 49.3 Å². The van der Waals surface area contributed by atoms with Gasteiger partial charge in [-0.2, -0.15) is 0 Å². The minimum absolute atomic E-state index is 0.0576. The third-order valence-electron chi connectivity index (χ3n) is 9.24. The molecule has 3 aromatic rings. The van der Waals surface area contributed by atoms with Crippen molar-refractivity contribution in [3.63, 3.8) is 0 Å². The first-order valence-corrected chi connectivity index (χ1v) is 17.8. The predicted molar refractivity (Wildman–Crippen MR) is 175 cm³/mol. The number of piperidine rings is 2. The van der Waals surface area contributed by atoms with Crippen LogP contribution in [0.2, 0.25) is 0 Å². The van der Waals surface area contributed by atoms with Crippen LogP contribution in [0.15, 0.2) is 77.7 Å². The van der Waals surface area contributed by atoms with Gasteiger partial charge in [-0.25, -0.2) is 22.0 Å². The highest BCUT2D eigenvalue weighted by molar-refractivity contribution is 7.90. The quantitative estimate of drug-likeness (QED) is 0.260. The second kappa shape index (κ2) is 15.2. The Balaban J connectivity index is 1.08. The third kappa shape index (κ3) is 9.35. The van der Waals surface area contributed by atoms with Crippen LogP contribution in [-0.4, -0.2) is 69.1 Å². The maximum Gasteiger partial charge on any atom is 0.321 e. The van der Waals surface area contributed by atoms with Crippen molar-refractivity contribution in [2.24, 2.45) is 11.8 Å². The lowest BCUT2D eigenvalue weighted by molar-refractivity contribution is -0.117. The van der Waals surface area contributed by atoms with Crippen LogP contribution in [0.25, 0.3) is 0 Å². The molecular weight excluding hydrogens is 610 g/mol. The summed E-state index contributed by atoms with van der Waals surface area (Å²) in [4.78, 5) is 29.9. The Bertz CT molecular complexity index is 1570. The van der Waals surface area contributed by atoms with E-state index in [1.165, 1.54) is 17.7 Å². The number of urea groups is 1. The summed E-state index contributed by atoms with van der Waals surface area (Å²) >= 11 is 0. The summed E-state index contributed by atoms with van der Waals surface area (Å²) in [5.41, 5.74) is 2.00. The van der Waals surface area contributed by atoms with E-state index in [2.05, 4.69) is 39.8 Å². The molecule has 0 aromatic heterocycles. The van der Waals surface area contributed by atoms with Gasteiger partial charge in [0, 0.05) is 43.2 Å². The molecule has 2 saturated heterocycles. The summed E-state index contributed by atoms with van der Waals surface area (Å²) < 4.78 is 50.5. The van der Waals surface area contributed by atoms with Gasteiger partial charge >= 0.3 is 6.03 Å². The average molecular weight is 653 g/mol. The molecule has 2 aliphatic rings. The van der Waals surface area contributed by atoms with Gasteiger partial charge in [-0.15, -0.1) is 0 Å². The van der Waals surface area contributed by atoms with E-state index >= 15 is 0 Å². The molecule has 3 amide bonds. The molecule has 2 fully saturated rings. The van der Waals surface area contributed by atoms with Crippen molar-refractivity contribution in [2.75, 3.05) is 49.6 Å². The summed E-state index contributed by atoms with van der Waals surface area (Å²) in [5.74, 6) is -0.461. The SMILES string of the molecule is CS(=O)(=O)c1ccc(NC(=O)CC2CCN(CCC(c3ccccc3)C3CCN(C(=O)Nc4cc(F)cc(F)c4)CC3)CC2)cc1. The number of hydrogen-bond acceptors (Lipinski definition) is 5. The molecule has 1 unspecified atom stereocenters. The van der Waals surface area contributed by atoms with Gasteiger partial charge in [0.2, 0.25) is 5.91 Å². The van der Waals surface area contributed by atoms with Crippen molar-refractivity contribution in [3.05, 3.63) is 90.0 Å². The predicted octanol–water partition coefficient (Wildman–Crippen LogP) is 6.53. The first-order valence-electron chi connectivity index (χ1n) is 15.9. The molecule has 2 heterocycles. The largest absolute Gasteiger partial charge is 0.326 e. The summed E-state index contributed by atoms with van der Waals surface area (Å²) in [6, 6.07) is 19.4. The minimum atomic E-state index is -3.28. The van der Waals surface area contributed by atoms with E-state index in [1.54, 1.807) is 17.0 Å². The molecule has 2 aliphatic heterocycles. The number of anilines is 2. The first kappa shape index (κ1) is 33.5. The number of carbonyl (C=O) groups is 2. The second-order valence-corrected chi connectivity index (χ2v) is 14.6. The van der Waals surface area contributed by atoms with Gasteiger partial charge in [-0.05, 0) is 111 Å². The fraction of sp³-hybridized carbons (Fsp3) is 0.429. The van der Waals surface area contributed by atoms with E-state index in [0.717, 1.165) is 76.2 Å². The second-order valence-electron chi connectivity index (χ2n) is 12.6. The molecular formula is C35H42F2N4O4S. The number of carbonyl (C=O) groups excluding carboxylic acids is 2. The van der Waals surface area contributed by atoms with E-state index in [1.807, 2.05) is 6.07 Å². The normalized spacial score (nSPS) is 17.4. The molecule has 46 heavy (non-hydrogen) atoms. The molecule has 11 heteroatoms. The molecule has 0 spiro atoms. The van der Waals surface area contributed by atoms with E-state index in [4.69, 9.17) is 0 Å². The highest BCUT2D eigenvalue weighted by Crippen LogP contribution is 2.36. The van der Waals surface area contributed by atoms with Crippen LogP contribution in [-0.2, 0) is 14.6 Å². The van der Waals surface area contributed by atoms with E-state index in [0.29, 0.717) is 43.0 Å². The maximum absolute atomic E-state index is 13.6. The molecule has 3 aromatic carbocycles. The van der Waals surface area contributed by atoms with Crippen LogP contribution in [0.1, 0.15) is 50.0 Å². The van der Waals surface area contributed by atoms with Gasteiger partial charge < -0.3 is 20.4 Å². The number of halogens is 2. The lowest BCUT2D eigenvalue weighted by atomic mass is 9.78. The number of hydrogen-bond donors (Lipinski definition) is 2. The Kier molecular flexibility index (Phi) is 11.1. The van der Waals surface area contributed by atoms with Crippen LogP contribution in [0.3, 0.4) is 0 Å². The number of nitrogens with zero attached hydrogens (tertiary/aromatic N) is 2. The van der Waals surface area contributed by atoms with Crippen LogP contribution >= 0.6 is 0 Å². The summed E-state index contributed by atoms with van der Waals surface area (Å²) in [5, 5.41) is 5.52. The van der Waals surface area contributed by atoms with E-state index < -0.39 is 21.5 Å². The Morgan fingerprint density at radius 3 is 2.07 bits per heavy atom. The molecule has 1 atom stereocenters. The lowest BCUT2D eigenvalue weighted by Crippen LogP contribution is -2.42. The summed E-state index contributed by atoms with van der Waals surface area (Å²) in [6.07, 6.45) is 6.17. The van der Waals surface area contributed by atoms with E-state index in [-0.39, 0.29) is 22.5 Å². The number of benzene rings is 3. The van der Waals surface area contributed by atoms with Gasteiger partial charge in [-0.3, -0.25) is 4.79 Å². The Labute approximate surface area is 270 Å². The molecule has 0 radical (unpaired) electrons. The Morgan fingerprint density at radius 2 is 1.46 bits per heavy atom. The number of sulfone groups is 1.